The summed E-state index contributed by atoms with van der Waals surface area (Å²) in [6.07, 6.45) is 6.06. The van der Waals surface area contributed by atoms with Crippen LogP contribution in [0.15, 0.2) is 24.4 Å². The van der Waals surface area contributed by atoms with Gasteiger partial charge in [0.25, 0.3) is 0 Å². The van der Waals surface area contributed by atoms with Crippen LogP contribution in [-0.2, 0) is 5.41 Å². The average Bonchev–Trinajstić information content (AvgIpc) is 2.31. The Morgan fingerprint density at radius 3 is 2.44 bits per heavy atom. The van der Waals surface area contributed by atoms with Crippen molar-refractivity contribution in [1.29, 1.82) is 5.26 Å². The molecule has 0 atom stereocenters. The van der Waals surface area contributed by atoms with Crippen LogP contribution in [0.4, 0.5) is 0 Å². The lowest BCUT2D eigenvalue weighted by Gasteiger charge is -2.52. The predicted octanol–water partition coefficient (Wildman–Crippen LogP) is 3.44. The molecule has 1 heterocycles. The molecule has 1 aromatic rings. The van der Waals surface area contributed by atoms with Gasteiger partial charge in [-0.2, -0.15) is 5.26 Å². The molecule has 0 N–H and O–H groups in total. The predicted molar refractivity (Wildman–Crippen MR) is 63.8 cm³/mol. The molecule has 0 unspecified atom stereocenters. The maximum absolute atomic E-state index is 9.42. The highest BCUT2D eigenvalue weighted by molar-refractivity contribution is 5.32. The highest BCUT2D eigenvalue weighted by Crippen LogP contribution is 2.58. The number of nitriles is 1. The highest BCUT2D eigenvalue weighted by Gasteiger charge is 2.54. The van der Waals surface area contributed by atoms with Crippen LogP contribution in [0.1, 0.15) is 45.2 Å². The summed E-state index contributed by atoms with van der Waals surface area (Å²) in [5.74, 6) is 0. The van der Waals surface area contributed by atoms with Gasteiger partial charge >= 0.3 is 0 Å². The van der Waals surface area contributed by atoms with Crippen LogP contribution in [0, 0.1) is 16.7 Å². The van der Waals surface area contributed by atoms with Crippen LogP contribution >= 0.6 is 0 Å². The van der Waals surface area contributed by atoms with Crippen molar-refractivity contribution in [2.45, 2.75) is 44.9 Å². The molecule has 0 aliphatic heterocycles. The van der Waals surface area contributed by atoms with E-state index >= 15 is 0 Å². The minimum atomic E-state index is -0.312. The summed E-state index contributed by atoms with van der Waals surface area (Å²) in [4.78, 5) is 4.36. The molecular formula is C14H18N2. The molecular weight excluding hydrogens is 196 g/mol. The van der Waals surface area contributed by atoms with Gasteiger partial charge in [0, 0.05) is 6.20 Å². The van der Waals surface area contributed by atoms with Crippen molar-refractivity contribution in [3.63, 3.8) is 0 Å². The van der Waals surface area contributed by atoms with Crippen molar-refractivity contribution >= 4 is 0 Å². The van der Waals surface area contributed by atoms with E-state index in [1.165, 1.54) is 12.8 Å². The number of nitrogens with zero attached hydrogens (tertiary/aromatic N) is 2. The second kappa shape index (κ2) is 3.90. The Morgan fingerprint density at radius 2 is 2.00 bits per heavy atom. The summed E-state index contributed by atoms with van der Waals surface area (Å²) < 4.78 is 0. The van der Waals surface area contributed by atoms with E-state index in [2.05, 4.69) is 24.9 Å². The first-order valence-corrected chi connectivity index (χ1v) is 6.03. The van der Waals surface area contributed by atoms with Gasteiger partial charge in [0.05, 0.1) is 11.8 Å². The van der Waals surface area contributed by atoms with Crippen molar-refractivity contribution in [2.24, 2.45) is 5.41 Å². The fraction of sp³-hybridized carbons (Fsp3) is 0.571. The van der Waals surface area contributed by atoms with Crippen LogP contribution < -0.4 is 0 Å². The molecule has 0 amide bonds. The normalized spacial score (nSPS) is 20.8. The fourth-order valence-corrected chi connectivity index (χ4v) is 2.94. The van der Waals surface area contributed by atoms with Gasteiger partial charge in [-0.3, -0.25) is 4.98 Å². The number of pyridine rings is 1. The van der Waals surface area contributed by atoms with Gasteiger partial charge < -0.3 is 0 Å². The molecule has 1 aromatic heterocycles. The first kappa shape index (κ1) is 11.1. The van der Waals surface area contributed by atoms with Crippen molar-refractivity contribution in [3.8, 4) is 6.07 Å². The Bertz CT molecular complexity index is 390. The van der Waals surface area contributed by atoms with Gasteiger partial charge in [0.2, 0.25) is 0 Å². The lowest BCUT2D eigenvalue weighted by atomic mass is 9.50. The Morgan fingerprint density at radius 1 is 1.31 bits per heavy atom. The second-order valence-electron chi connectivity index (χ2n) is 4.97. The van der Waals surface area contributed by atoms with E-state index in [1.54, 1.807) is 6.20 Å². The quantitative estimate of drug-likeness (QED) is 0.772. The Hall–Kier alpha value is -1.36. The number of hydrogen-bond acceptors (Lipinski definition) is 2. The first-order valence-electron chi connectivity index (χ1n) is 6.03. The average molecular weight is 214 g/mol. The fourth-order valence-electron chi connectivity index (χ4n) is 2.94. The SMILES string of the molecule is CCC1(CC)CC(C#N)(c2ccccn2)C1. The van der Waals surface area contributed by atoms with Crippen LogP contribution in [0.3, 0.4) is 0 Å². The van der Waals surface area contributed by atoms with E-state index in [1.807, 2.05) is 18.2 Å². The molecule has 0 aromatic carbocycles. The first-order chi connectivity index (χ1) is 7.70. The molecule has 2 heteroatoms. The van der Waals surface area contributed by atoms with Crippen molar-refractivity contribution < 1.29 is 0 Å². The van der Waals surface area contributed by atoms with Crippen LogP contribution in [0.2, 0.25) is 0 Å². The lowest BCUT2D eigenvalue weighted by Crippen LogP contribution is -2.48. The third kappa shape index (κ3) is 1.51. The second-order valence-corrected chi connectivity index (χ2v) is 4.97. The number of rotatable bonds is 3. The third-order valence-corrected chi connectivity index (χ3v) is 4.22. The van der Waals surface area contributed by atoms with E-state index in [0.717, 1.165) is 18.5 Å². The van der Waals surface area contributed by atoms with Crippen LogP contribution in [0.5, 0.6) is 0 Å². The van der Waals surface area contributed by atoms with Gasteiger partial charge in [0.15, 0.2) is 0 Å². The smallest absolute Gasteiger partial charge is 0.100 e. The summed E-state index contributed by atoms with van der Waals surface area (Å²) in [6, 6.07) is 8.35. The summed E-state index contributed by atoms with van der Waals surface area (Å²) in [5.41, 5.74) is 1.02. The molecule has 84 valence electrons. The minimum absolute atomic E-state index is 0.312. The van der Waals surface area contributed by atoms with E-state index < -0.39 is 0 Å². The molecule has 1 aliphatic carbocycles. The Labute approximate surface area is 97.3 Å². The summed E-state index contributed by atoms with van der Waals surface area (Å²) in [6.45, 7) is 4.45. The molecule has 0 radical (unpaired) electrons. The number of hydrogen-bond donors (Lipinski definition) is 0. The Kier molecular flexibility index (Phi) is 2.71. The molecule has 1 fully saturated rings. The van der Waals surface area contributed by atoms with Crippen LogP contribution in [-0.4, -0.2) is 4.98 Å². The van der Waals surface area contributed by atoms with E-state index in [-0.39, 0.29) is 5.41 Å². The van der Waals surface area contributed by atoms with Gasteiger partial charge in [-0.1, -0.05) is 32.8 Å². The molecule has 1 saturated carbocycles. The summed E-state index contributed by atoms with van der Waals surface area (Å²) in [5, 5.41) is 9.42. The zero-order valence-corrected chi connectivity index (χ0v) is 10.0. The molecule has 2 rings (SSSR count). The van der Waals surface area contributed by atoms with Crippen molar-refractivity contribution in [1.82, 2.24) is 4.98 Å². The molecule has 0 saturated heterocycles. The Balaban J connectivity index is 2.25. The zero-order chi connectivity index (χ0) is 11.6. The highest BCUT2D eigenvalue weighted by atomic mass is 14.7. The molecule has 1 aliphatic rings. The number of aromatic nitrogens is 1. The summed E-state index contributed by atoms with van der Waals surface area (Å²) >= 11 is 0. The monoisotopic (exact) mass is 214 g/mol. The lowest BCUT2D eigenvalue weighted by molar-refractivity contribution is 0.0455. The van der Waals surface area contributed by atoms with Gasteiger partial charge in [0.1, 0.15) is 5.41 Å². The van der Waals surface area contributed by atoms with E-state index in [0.29, 0.717) is 5.41 Å². The van der Waals surface area contributed by atoms with Crippen molar-refractivity contribution in [3.05, 3.63) is 30.1 Å². The van der Waals surface area contributed by atoms with E-state index in [4.69, 9.17) is 0 Å². The van der Waals surface area contributed by atoms with E-state index in [9.17, 15) is 5.26 Å². The van der Waals surface area contributed by atoms with Crippen LogP contribution in [0.25, 0.3) is 0 Å². The maximum atomic E-state index is 9.42. The van der Waals surface area contributed by atoms with Crippen molar-refractivity contribution in [2.75, 3.05) is 0 Å². The largest absolute Gasteiger partial charge is 0.260 e. The minimum Gasteiger partial charge on any atom is -0.260 e. The topological polar surface area (TPSA) is 36.7 Å². The van der Waals surface area contributed by atoms with Gasteiger partial charge in [-0.05, 0) is 30.4 Å². The standard InChI is InChI=1S/C14H18N2/c1-3-13(4-2)9-14(10-13,11-15)12-7-5-6-8-16-12/h5-8H,3-4,9-10H2,1-2H3. The third-order valence-electron chi connectivity index (χ3n) is 4.22. The zero-order valence-electron chi connectivity index (χ0n) is 10.0. The molecule has 0 bridgehead atoms. The molecule has 16 heavy (non-hydrogen) atoms. The maximum Gasteiger partial charge on any atom is 0.100 e. The summed E-state index contributed by atoms with van der Waals surface area (Å²) in [7, 11) is 0. The van der Waals surface area contributed by atoms with Gasteiger partial charge in [-0.25, -0.2) is 0 Å². The molecule has 2 nitrogen and oxygen atoms in total. The molecule has 0 spiro atoms. The van der Waals surface area contributed by atoms with Gasteiger partial charge in [-0.15, -0.1) is 0 Å².